The third-order valence-corrected chi connectivity index (χ3v) is 8.73. The van der Waals surface area contributed by atoms with Gasteiger partial charge in [0.05, 0.1) is 18.4 Å². The Morgan fingerprint density at radius 3 is 2.50 bits per heavy atom. The summed E-state index contributed by atoms with van der Waals surface area (Å²) in [5.41, 5.74) is -0.655. The SMILES string of the molecule is CCOC(=O)NC(C(C)=O)C(=O)N1[C@@H]2C[C@H]3CC[C@]2(CS1(=O)=O)C3(C)C. The molecular weight excluding hydrogens is 360 g/mol. The molecule has 1 aliphatic heterocycles. The standard InChI is InChI=1S/C17H26N2O6S/c1-5-25-15(22)18-13(10(2)20)14(21)19-12-8-11-6-7-17(12,16(11,3)4)9-26(19,23)24/h11-13H,5-9H2,1-4H3,(H,18,22)/t11-,12-,13?,17-/m1/s1. The fourth-order valence-electron chi connectivity index (χ4n) is 5.33. The van der Waals surface area contributed by atoms with Gasteiger partial charge in [-0.1, -0.05) is 13.8 Å². The van der Waals surface area contributed by atoms with E-state index in [0.717, 1.165) is 24.1 Å². The monoisotopic (exact) mass is 386 g/mol. The van der Waals surface area contributed by atoms with E-state index in [1.54, 1.807) is 6.92 Å². The number of Topliss-reactive ketones (excluding diaryl/α,β-unsaturated/α-hetero) is 1. The van der Waals surface area contributed by atoms with Gasteiger partial charge in [-0.25, -0.2) is 17.5 Å². The Hall–Kier alpha value is -1.64. The number of hydrogen-bond acceptors (Lipinski definition) is 6. The number of ketones is 1. The highest BCUT2D eigenvalue weighted by molar-refractivity contribution is 7.90. The van der Waals surface area contributed by atoms with Crippen molar-refractivity contribution in [3.8, 4) is 0 Å². The number of nitrogens with one attached hydrogen (secondary N) is 1. The summed E-state index contributed by atoms with van der Waals surface area (Å²) in [5, 5.41) is 2.21. The minimum atomic E-state index is -3.85. The Bertz CT molecular complexity index is 761. The molecule has 1 spiro atoms. The number of sulfonamides is 1. The van der Waals surface area contributed by atoms with Crippen LogP contribution in [0.4, 0.5) is 4.79 Å². The normalized spacial score (nSPS) is 34.2. The second-order valence-corrected chi connectivity index (χ2v) is 10.0. The number of rotatable bonds is 4. The van der Waals surface area contributed by atoms with Crippen molar-refractivity contribution in [3.05, 3.63) is 0 Å². The van der Waals surface area contributed by atoms with Crippen LogP contribution in [0.2, 0.25) is 0 Å². The number of carbonyl (C=O) groups is 3. The van der Waals surface area contributed by atoms with Crippen LogP contribution in [-0.4, -0.2) is 55.0 Å². The van der Waals surface area contributed by atoms with Gasteiger partial charge in [0, 0.05) is 5.41 Å². The van der Waals surface area contributed by atoms with E-state index in [-0.39, 0.29) is 17.8 Å². The zero-order valence-electron chi connectivity index (χ0n) is 15.6. The highest BCUT2D eigenvalue weighted by atomic mass is 32.2. The van der Waals surface area contributed by atoms with Crippen molar-refractivity contribution in [2.24, 2.45) is 16.7 Å². The van der Waals surface area contributed by atoms with E-state index in [0.29, 0.717) is 12.3 Å². The predicted molar refractivity (Wildman–Crippen MR) is 92.6 cm³/mol. The smallest absolute Gasteiger partial charge is 0.408 e. The summed E-state index contributed by atoms with van der Waals surface area (Å²) in [6.45, 7) is 6.98. The molecule has 0 aromatic carbocycles. The first-order chi connectivity index (χ1) is 12.0. The fourth-order valence-corrected chi connectivity index (χ4v) is 7.89. The van der Waals surface area contributed by atoms with Crippen molar-refractivity contribution < 1.29 is 27.5 Å². The molecule has 26 heavy (non-hydrogen) atoms. The first-order valence-electron chi connectivity index (χ1n) is 8.97. The van der Waals surface area contributed by atoms with Crippen molar-refractivity contribution in [3.63, 3.8) is 0 Å². The number of nitrogens with zero attached hydrogens (tertiary/aromatic N) is 1. The molecule has 3 rings (SSSR count). The number of alkyl carbamates (subject to hydrolysis) is 1. The predicted octanol–water partition coefficient (Wildman–Crippen LogP) is 1.06. The number of amides is 2. The highest BCUT2D eigenvalue weighted by Crippen LogP contribution is 2.69. The summed E-state index contributed by atoms with van der Waals surface area (Å²) in [5.74, 6) is -1.23. The van der Waals surface area contributed by atoms with Gasteiger partial charge >= 0.3 is 6.09 Å². The quantitative estimate of drug-likeness (QED) is 0.724. The molecule has 1 unspecified atom stereocenters. The summed E-state index contributed by atoms with van der Waals surface area (Å²) >= 11 is 0. The van der Waals surface area contributed by atoms with Crippen LogP contribution in [0.1, 0.15) is 47.0 Å². The molecule has 0 aromatic heterocycles. The molecule has 2 saturated carbocycles. The van der Waals surface area contributed by atoms with E-state index in [2.05, 4.69) is 19.2 Å². The van der Waals surface area contributed by atoms with Crippen LogP contribution in [0, 0.1) is 16.7 Å². The Balaban J connectivity index is 1.94. The van der Waals surface area contributed by atoms with Crippen molar-refractivity contribution in [1.29, 1.82) is 0 Å². The lowest BCUT2D eigenvalue weighted by Crippen LogP contribution is -2.55. The van der Waals surface area contributed by atoms with Gasteiger partial charge in [0.25, 0.3) is 5.91 Å². The van der Waals surface area contributed by atoms with Crippen molar-refractivity contribution >= 4 is 27.8 Å². The van der Waals surface area contributed by atoms with E-state index in [4.69, 9.17) is 4.74 Å². The highest BCUT2D eigenvalue weighted by Gasteiger charge is 2.72. The van der Waals surface area contributed by atoms with Crippen LogP contribution in [0.25, 0.3) is 0 Å². The molecule has 146 valence electrons. The van der Waals surface area contributed by atoms with E-state index in [1.165, 1.54) is 0 Å². The average Bonchev–Trinajstić information content (AvgIpc) is 2.99. The first kappa shape index (κ1) is 19.1. The van der Waals surface area contributed by atoms with Gasteiger partial charge in [-0.3, -0.25) is 9.59 Å². The lowest BCUT2D eigenvalue weighted by atomic mass is 9.69. The maximum absolute atomic E-state index is 13.0. The van der Waals surface area contributed by atoms with Crippen LogP contribution in [0.5, 0.6) is 0 Å². The van der Waals surface area contributed by atoms with Crippen LogP contribution < -0.4 is 5.32 Å². The van der Waals surface area contributed by atoms with Crippen molar-refractivity contribution in [2.45, 2.75) is 59.0 Å². The molecule has 1 N–H and O–H groups in total. The average molecular weight is 386 g/mol. The lowest BCUT2D eigenvalue weighted by molar-refractivity contribution is -0.136. The Kier molecular flexibility index (Phi) is 4.37. The molecule has 9 heteroatoms. The Morgan fingerprint density at radius 1 is 1.31 bits per heavy atom. The first-order valence-corrected chi connectivity index (χ1v) is 10.6. The van der Waals surface area contributed by atoms with Gasteiger partial charge in [-0.2, -0.15) is 0 Å². The van der Waals surface area contributed by atoms with Crippen molar-refractivity contribution in [1.82, 2.24) is 9.62 Å². The van der Waals surface area contributed by atoms with Gasteiger partial charge in [0.1, 0.15) is 0 Å². The molecule has 1 heterocycles. The molecule has 2 bridgehead atoms. The molecule has 3 fully saturated rings. The van der Waals surface area contributed by atoms with E-state index in [1.807, 2.05) is 0 Å². The topological polar surface area (TPSA) is 110 Å². The molecule has 0 radical (unpaired) electrons. The summed E-state index contributed by atoms with van der Waals surface area (Å²) in [6.07, 6.45) is 1.41. The number of fused-ring (bicyclic) bond motifs is 1. The molecule has 4 atom stereocenters. The molecule has 8 nitrogen and oxygen atoms in total. The van der Waals surface area contributed by atoms with Gasteiger partial charge in [0.2, 0.25) is 10.0 Å². The zero-order chi connectivity index (χ0) is 19.5. The maximum atomic E-state index is 13.0. The van der Waals surface area contributed by atoms with E-state index in [9.17, 15) is 22.8 Å². The van der Waals surface area contributed by atoms with E-state index < -0.39 is 45.3 Å². The van der Waals surface area contributed by atoms with E-state index >= 15 is 0 Å². The van der Waals surface area contributed by atoms with Gasteiger partial charge in [-0.15, -0.1) is 0 Å². The third-order valence-electron chi connectivity index (χ3n) is 6.82. The summed E-state index contributed by atoms with van der Waals surface area (Å²) in [7, 11) is -3.85. The summed E-state index contributed by atoms with van der Waals surface area (Å²) in [4.78, 5) is 36.7. The fraction of sp³-hybridized carbons (Fsp3) is 0.824. The molecule has 0 aromatic rings. The van der Waals surface area contributed by atoms with Gasteiger partial charge in [-0.05, 0) is 44.4 Å². The second kappa shape index (κ2) is 5.94. The molecule has 2 amide bonds. The minimum Gasteiger partial charge on any atom is -0.450 e. The maximum Gasteiger partial charge on any atom is 0.408 e. The molecular formula is C17H26N2O6S. The number of carbonyl (C=O) groups excluding carboxylic acids is 3. The molecule has 2 aliphatic carbocycles. The largest absolute Gasteiger partial charge is 0.450 e. The second-order valence-electron chi connectivity index (χ2n) is 8.16. The van der Waals surface area contributed by atoms with Gasteiger partial charge in [0.15, 0.2) is 11.8 Å². The Labute approximate surface area is 153 Å². The van der Waals surface area contributed by atoms with Crippen LogP contribution in [-0.2, 0) is 24.3 Å². The van der Waals surface area contributed by atoms with Crippen LogP contribution in [0.3, 0.4) is 0 Å². The van der Waals surface area contributed by atoms with Gasteiger partial charge < -0.3 is 10.1 Å². The van der Waals surface area contributed by atoms with Crippen LogP contribution >= 0.6 is 0 Å². The number of ether oxygens (including phenoxy) is 1. The number of hydrogen-bond donors (Lipinski definition) is 1. The lowest BCUT2D eigenvalue weighted by Gasteiger charge is -2.37. The molecule has 3 aliphatic rings. The summed E-state index contributed by atoms with van der Waals surface area (Å²) in [6, 6.07) is -2.00. The van der Waals surface area contributed by atoms with Crippen LogP contribution in [0.15, 0.2) is 0 Å². The van der Waals surface area contributed by atoms with Crippen molar-refractivity contribution in [2.75, 3.05) is 12.4 Å². The Morgan fingerprint density at radius 2 is 1.96 bits per heavy atom. The zero-order valence-corrected chi connectivity index (χ0v) is 16.4. The molecule has 1 saturated heterocycles. The third kappa shape index (κ3) is 2.46. The minimum absolute atomic E-state index is 0.0776. The summed E-state index contributed by atoms with van der Waals surface area (Å²) < 4.78 is 31.4.